The zero-order valence-corrected chi connectivity index (χ0v) is 10.8. The second-order valence-corrected chi connectivity index (χ2v) is 4.90. The highest BCUT2D eigenvalue weighted by molar-refractivity contribution is 7.98. The van der Waals surface area contributed by atoms with Gasteiger partial charge in [-0.1, -0.05) is 42.0 Å². The number of benzene rings is 2. The maximum Gasteiger partial charge on any atom is 0.0104 e. The number of thioether (sulfide) groups is 1. The van der Waals surface area contributed by atoms with Gasteiger partial charge in [0.25, 0.3) is 0 Å². The Morgan fingerprint density at radius 3 is 2.06 bits per heavy atom. The molecule has 0 unspecified atom stereocenters. The molecule has 2 aromatic carbocycles. The molecule has 2 rings (SSSR count). The zero-order chi connectivity index (χ0) is 11.5. The van der Waals surface area contributed by atoms with Crippen LogP contribution in [-0.2, 0) is 0 Å². The van der Waals surface area contributed by atoms with E-state index in [1.54, 1.807) is 0 Å². The standard InChI is InChI=1S/C15H16S/c1-11-4-7-13(8-5-11)14-9-6-12(2)15(10-14)16-3/h4-10H,1-3H3. The summed E-state index contributed by atoms with van der Waals surface area (Å²) in [6, 6.07) is 15.3. The van der Waals surface area contributed by atoms with Crippen LogP contribution in [0.4, 0.5) is 0 Å². The van der Waals surface area contributed by atoms with Crippen LogP contribution in [0, 0.1) is 13.8 Å². The minimum Gasteiger partial charge on any atom is -0.129 e. The summed E-state index contributed by atoms with van der Waals surface area (Å²) in [5.41, 5.74) is 5.25. The maximum atomic E-state index is 2.27. The van der Waals surface area contributed by atoms with Gasteiger partial charge in [-0.3, -0.25) is 0 Å². The first-order valence-electron chi connectivity index (χ1n) is 5.42. The third kappa shape index (κ3) is 2.30. The summed E-state index contributed by atoms with van der Waals surface area (Å²) in [6.07, 6.45) is 2.13. The fourth-order valence-corrected chi connectivity index (χ4v) is 2.38. The molecular weight excluding hydrogens is 212 g/mol. The van der Waals surface area contributed by atoms with E-state index in [-0.39, 0.29) is 0 Å². The first-order valence-corrected chi connectivity index (χ1v) is 6.65. The molecule has 16 heavy (non-hydrogen) atoms. The normalized spacial score (nSPS) is 10.4. The lowest BCUT2D eigenvalue weighted by Crippen LogP contribution is -1.83. The first-order chi connectivity index (χ1) is 7.70. The number of aryl methyl sites for hydroxylation is 2. The topological polar surface area (TPSA) is 0 Å². The molecule has 0 saturated carbocycles. The summed E-state index contributed by atoms with van der Waals surface area (Å²) in [5.74, 6) is 0. The molecule has 2 aromatic rings. The van der Waals surface area contributed by atoms with Crippen molar-refractivity contribution in [2.24, 2.45) is 0 Å². The van der Waals surface area contributed by atoms with Gasteiger partial charge in [-0.25, -0.2) is 0 Å². The molecule has 0 spiro atoms. The summed E-state index contributed by atoms with van der Waals surface area (Å²) in [5, 5.41) is 0. The van der Waals surface area contributed by atoms with E-state index in [0.29, 0.717) is 0 Å². The minimum absolute atomic E-state index is 1.29. The molecular formula is C15H16S. The smallest absolute Gasteiger partial charge is 0.0104 e. The third-order valence-corrected chi connectivity index (χ3v) is 3.67. The van der Waals surface area contributed by atoms with E-state index >= 15 is 0 Å². The van der Waals surface area contributed by atoms with Crippen LogP contribution in [0.2, 0.25) is 0 Å². The average molecular weight is 228 g/mol. The molecule has 0 N–H and O–H groups in total. The van der Waals surface area contributed by atoms with Gasteiger partial charge in [-0.05, 0) is 42.9 Å². The highest BCUT2D eigenvalue weighted by Gasteiger charge is 2.01. The molecule has 1 heteroatoms. The van der Waals surface area contributed by atoms with Crippen molar-refractivity contribution in [3.63, 3.8) is 0 Å². The Labute approximate surface area is 102 Å². The van der Waals surface area contributed by atoms with Crippen molar-refractivity contribution in [2.75, 3.05) is 6.26 Å². The molecule has 0 saturated heterocycles. The van der Waals surface area contributed by atoms with Crippen molar-refractivity contribution < 1.29 is 0 Å². The van der Waals surface area contributed by atoms with Gasteiger partial charge in [0.1, 0.15) is 0 Å². The van der Waals surface area contributed by atoms with Crippen LogP contribution in [-0.4, -0.2) is 6.26 Å². The molecule has 0 radical (unpaired) electrons. The lowest BCUT2D eigenvalue weighted by Gasteiger charge is -2.07. The Bertz CT molecular complexity index is 483. The van der Waals surface area contributed by atoms with E-state index in [1.165, 1.54) is 27.1 Å². The van der Waals surface area contributed by atoms with Crippen LogP contribution in [0.5, 0.6) is 0 Å². The van der Waals surface area contributed by atoms with E-state index in [4.69, 9.17) is 0 Å². The van der Waals surface area contributed by atoms with Crippen molar-refractivity contribution >= 4 is 11.8 Å². The summed E-state index contributed by atoms with van der Waals surface area (Å²) in [7, 11) is 0. The quantitative estimate of drug-likeness (QED) is 0.672. The Hall–Kier alpha value is -1.21. The highest BCUT2D eigenvalue weighted by Crippen LogP contribution is 2.27. The van der Waals surface area contributed by atoms with Gasteiger partial charge in [0.2, 0.25) is 0 Å². The highest BCUT2D eigenvalue weighted by atomic mass is 32.2. The summed E-state index contributed by atoms with van der Waals surface area (Å²) >= 11 is 1.81. The molecule has 82 valence electrons. The summed E-state index contributed by atoms with van der Waals surface area (Å²) in [6.45, 7) is 4.27. The molecule has 0 atom stereocenters. The van der Waals surface area contributed by atoms with Gasteiger partial charge in [0, 0.05) is 4.90 Å². The van der Waals surface area contributed by atoms with Crippen molar-refractivity contribution in [3.8, 4) is 11.1 Å². The first kappa shape index (κ1) is 11.3. The Morgan fingerprint density at radius 1 is 0.812 bits per heavy atom. The van der Waals surface area contributed by atoms with Crippen molar-refractivity contribution in [2.45, 2.75) is 18.7 Å². The van der Waals surface area contributed by atoms with Crippen molar-refractivity contribution in [3.05, 3.63) is 53.6 Å². The van der Waals surface area contributed by atoms with Gasteiger partial charge < -0.3 is 0 Å². The maximum absolute atomic E-state index is 2.27. The van der Waals surface area contributed by atoms with E-state index in [9.17, 15) is 0 Å². The van der Waals surface area contributed by atoms with Crippen molar-refractivity contribution in [1.82, 2.24) is 0 Å². The number of hydrogen-bond donors (Lipinski definition) is 0. The summed E-state index contributed by atoms with van der Waals surface area (Å²) < 4.78 is 0. The zero-order valence-electron chi connectivity index (χ0n) is 9.95. The minimum atomic E-state index is 1.29. The molecule has 0 aromatic heterocycles. The lowest BCUT2D eigenvalue weighted by atomic mass is 10.0. The average Bonchev–Trinajstić information content (AvgIpc) is 2.31. The van der Waals surface area contributed by atoms with Crippen molar-refractivity contribution in [1.29, 1.82) is 0 Å². The van der Waals surface area contributed by atoms with E-state index in [0.717, 1.165) is 0 Å². The predicted octanol–water partition coefficient (Wildman–Crippen LogP) is 4.69. The molecule has 0 aliphatic rings. The van der Waals surface area contributed by atoms with E-state index in [2.05, 4.69) is 62.6 Å². The SMILES string of the molecule is CSc1cc(-c2ccc(C)cc2)ccc1C. The van der Waals surface area contributed by atoms with Crippen LogP contribution >= 0.6 is 11.8 Å². The summed E-state index contributed by atoms with van der Waals surface area (Å²) in [4.78, 5) is 1.36. The Kier molecular flexibility index (Phi) is 3.35. The second-order valence-electron chi connectivity index (χ2n) is 4.05. The fourth-order valence-electron chi connectivity index (χ4n) is 1.75. The monoisotopic (exact) mass is 228 g/mol. The molecule has 0 bridgehead atoms. The van der Waals surface area contributed by atoms with E-state index in [1.807, 2.05) is 11.8 Å². The van der Waals surface area contributed by atoms with Gasteiger partial charge in [0.05, 0.1) is 0 Å². The molecule has 0 heterocycles. The van der Waals surface area contributed by atoms with Gasteiger partial charge in [0.15, 0.2) is 0 Å². The van der Waals surface area contributed by atoms with Gasteiger partial charge >= 0.3 is 0 Å². The third-order valence-electron chi connectivity index (χ3n) is 2.79. The number of hydrogen-bond acceptors (Lipinski definition) is 1. The Balaban J connectivity index is 2.44. The molecule has 0 aliphatic heterocycles. The van der Waals surface area contributed by atoms with Gasteiger partial charge in [-0.2, -0.15) is 0 Å². The van der Waals surface area contributed by atoms with Crippen LogP contribution in [0.1, 0.15) is 11.1 Å². The second kappa shape index (κ2) is 4.75. The van der Waals surface area contributed by atoms with Crippen LogP contribution in [0.15, 0.2) is 47.4 Å². The van der Waals surface area contributed by atoms with Crippen LogP contribution in [0.3, 0.4) is 0 Å². The van der Waals surface area contributed by atoms with E-state index < -0.39 is 0 Å². The molecule has 0 fully saturated rings. The lowest BCUT2D eigenvalue weighted by molar-refractivity contribution is 1.31. The van der Waals surface area contributed by atoms with Gasteiger partial charge in [-0.15, -0.1) is 11.8 Å². The number of rotatable bonds is 2. The predicted molar refractivity (Wildman–Crippen MR) is 73.1 cm³/mol. The van der Waals surface area contributed by atoms with Crippen LogP contribution < -0.4 is 0 Å². The Morgan fingerprint density at radius 2 is 1.44 bits per heavy atom. The molecule has 0 aliphatic carbocycles. The largest absolute Gasteiger partial charge is 0.129 e. The molecule has 0 nitrogen and oxygen atoms in total. The fraction of sp³-hybridized carbons (Fsp3) is 0.200. The van der Waals surface area contributed by atoms with Crippen LogP contribution in [0.25, 0.3) is 11.1 Å². The molecule has 0 amide bonds.